The summed E-state index contributed by atoms with van der Waals surface area (Å²) in [5, 5.41) is 18.1. The van der Waals surface area contributed by atoms with Crippen LogP contribution < -0.4 is 16.0 Å². The number of hydrogen-bond donors (Lipinski definition) is 3. The van der Waals surface area contributed by atoms with Crippen LogP contribution in [0.15, 0.2) is 102 Å². The summed E-state index contributed by atoms with van der Waals surface area (Å²) in [4.78, 5) is 17.2. The van der Waals surface area contributed by atoms with E-state index in [1.807, 2.05) is 32.0 Å². The summed E-state index contributed by atoms with van der Waals surface area (Å²) in [7, 11) is 0. The number of allylic oxidation sites excluding steroid dienone is 3. The van der Waals surface area contributed by atoms with Crippen molar-refractivity contribution in [1.82, 2.24) is 10.6 Å². The second-order valence-corrected chi connectivity index (χ2v) is 10.5. The number of halogens is 1. The van der Waals surface area contributed by atoms with Crippen LogP contribution in [0.3, 0.4) is 0 Å². The van der Waals surface area contributed by atoms with Crippen LogP contribution in [0.5, 0.6) is 0 Å². The van der Waals surface area contributed by atoms with Crippen LogP contribution in [-0.2, 0) is 0 Å². The first-order chi connectivity index (χ1) is 18.1. The van der Waals surface area contributed by atoms with E-state index in [0.717, 1.165) is 16.9 Å². The van der Waals surface area contributed by atoms with Crippen molar-refractivity contribution in [3.05, 3.63) is 119 Å². The Labute approximate surface area is 228 Å². The molecule has 2 aromatic rings. The second-order valence-electron chi connectivity index (χ2n) is 9.71. The maximum absolute atomic E-state index is 13.3. The van der Waals surface area contributed by atoms with Crippen molar-refractivity contribution >= 4 is 29.0 Å². The van der Waals surface area contributed by atoms with Gasteiger partial charge in [0, 0.05) is 34.9 Å². The zero-order valence-electron chi connectivity index (χ0n) is 21.7. The number of carbonyl (C=O) groups is 1. The van der Waals surface area contributed by atoms with Crippen LogP contribution in [0, 0.1) is 31.1 Å². The van der Waals surface area contributed by atoms with Gasteiger partial charge in [-0.3, -0.25) is 4.79 Å². The Morgan fingerprint density at radius 2 is 1.97 bits per heavy atom. The van der Waals surface area contributed by atoms with E-state index < -0.39 is 4.87 Å². The molecule has 1 fully saturated rings. The number of benzene rings is 2. The van der Waals surface area contributed by atoms with Gasteiger partial charge in [0.15, 0.2) is 0 Å². The van der Waals surface area contributed by atoms with Crippen molar-refractivity contribution in [2.24, 2.45) is 10.9 Å². The van der Waals surface area contributed by atoms with Crippen molar-refractivity contribution in [3.63, 3.8) is 0 Å². The van der Waals surface area contributed by atoms with E-state index in [-0.39, 0.29) is 23.4 Å². The average Bonchev–Trinajstić information content (AvgIpc) is 3.44. The molecule has 192 valence electrons. The number of amides is 1. The molecule has 6 nitrogen and oxygen atoms in total. The van der Waals surface area contributed by atoms with Gasteiger partial charge in [0.1, 0.15) is 23.4 Å². The van der Waals surface area contributed by atoms with Gasteiger partial charge < -0.3 is 16.0 Å². The first-order valence-electron chi connectivity index (χ1n) is 12.3. The minimum Gasteiger partial charge on any atom is -0.359 e. The Bertz CT molecular complexity index is 1480. The third kappa shape index (κ3) is 5.98. The van der Waals surface area contributed by atoms with Gasteiger partial charge in [0.2, 0.25) is 0 Å². The van der Waals surface area contributed by atoms with Crippen molar-refractivity contribution in [2.75, 3.05) is 5.32 Å². The van der Waals surface area contributed by atoms with Gasteiger partial charge in [-0.1, -0.05) is 49.1 Å². The molecule has 4 rings (SSSR count). The highest BCUT2D eigenvalue weighted by Gasteiger charge is 2.62. The predicted octanol–water partition coefficient (Wildman–Crippen LogP) is 6.35. The summed E-state index contributed by atoms with van der Waals surface area (Å²) in [6.45, 7) is 13.9. The van der Waals surface area contributed by atoms with E-state index in [1.165, 1.54) is 11.1 Å². The second kappa shape index (κ2) is 11.0. The minimum atomic E-state index is -0.434. The Hall–Kier alpha value is -4.30. The molecule has 2 aliphatic rings. The predicted molar refractivity (Wildman–Crippen MR) is 154 cm³/mol. The molecule has 3 unspecified atom stereocenters. The van der Waals surface area contributed by atoms with E-state index >= 15 is 0 Å². The maximum atomic E-state index is 13.3. The highest BCUT2D eigenvalue weighted by molar-refractivity contribution is 6.27. The van der Waals surface area contributed by atoms with Crippen LogP contribution in [0.2, 0.25) is 0 Å². The normalized spacial score (nSPS) is 23.0. The number of carbonyl (C=O) groups excluding carboxylic acids is 1. The molecule has 0 radical (unpaired) electrons. The number of nitrogens with one attached hydrogen (secondary N) is 3. The van der Waals surface area contributed by atoms with Crippen LogP contribution in [0.1, 0.15) is 46.3 Å². The number of hydrogen-bond acceptors (Lipinski definition) is 5. The van der Waals surface area contributed by atoms with Crippen molar-refractivity contribution < 1.29 is 4.79 Å². The fourth-order valence-electron chi connectivity index (χ4n) is 4.71. The van der Waals surface area contributed by atoms with E-state index in [0.29, 0.717) is 23.6 Å². The molecule has 2 aromatic carbocycles. The third-order valence-corrected chi connectivity index (χ3v) is 7.14. The molecule has 1 aliphatic carbocycles. The molecule has 3 atom stereocenters. The highest BCUT2D eigenvalue weighted by Crippen LogP contribution is 2.64. The number of alkyl halides is 1. The third-order valence-electron chi connectivity index (χ3n) is 6.67. The average molecular weight is 524 g/mol. The van der Waals surface area contributed by atoms with Gasteiger partial charge in [-0.25, -0.2) is 4.99 Å². The smallest absolute Gasteiger partial charge is 0.257 e. The Morgan fingerprint density at radius 3 is 2.71 bits per heavy atom. The molecule has 1 heterocycles. The number of amidine groups is 1. The van der Waals surface area contributed by atoms with E-state index in [9.17, 15) is 4.79 Å². The van der Waals surface area contributed by atoms with Gasteiger partial charge in [0.05, 0.1) is 4.87 Å². The first kappa shape index (κ1) is 26.8. The van der Waals surface area contributed by atoms with Crippen molar-refractivity contribution in [1.29, 1.82) is 5.26 Å². The summed E-state index contributed by atoms with van der Waals surface area (Å²) < 4.78 is 0. The van der Waals surface area contributed by atoms with E-state index in [1.54, 1.807) is 24.3 Å². The van der Waals surface area contributed by atoms with Gasteiger partial charge in [0.25, 0.3) is 5.91 Å². The SMILES string of the molecule is C=C(C#N)NC1=N/C(NC(=O)c2cc(NC(=C)C3C(c4cccc(C)c4)C3(C)Cl)ccc2C)=C/CC=C=C1. The number of anilines is 1. The van der Waals surface area contributed by atoms with E-state index in [4.69, 9.17) is 16.9 Å². The lowest BCUT2D eigenvalue weighted by atomic mass is 10.0. The molecule has 1 amide bonds. The van der Waals surface area contributed by atoms with Gasteiger partial charge in [-0.15, -0.1) is 17.3 Å². The van der Waals surface area contributed by atoms with Crippen molar-refractivity contribution in [3.8, 4) is 6.07 Å². The molecular formula is C31H30ClN5O. The van der Waals surface area contributed by atoms with Crippen LogP contribution >= 0.6 is 11.6 Å². The summed E-state index contributed by atoms with van der Waals surface area (Å²) in [6.07, 6.45) is 5.71. The fraction of sp³-hybridized carbons (Fsp3) is 0.226. The Morgan fingerprint density at radius 1 is 1.18 bits per heavy atom. The number of aryl methyl sites for hydroxylation is 2. The quantitative estimate of drug-likeness (QED) is 0.224. The summed E-state index contributed by atoms with van der Waals surface area (Å²) in [5.41, 5.74) is 8.38. The van der Waals surface area contributed by atoms with Crippen LogP contribution in [-0.4, -0.2) is 16.6 Å². The maximum Gasteiger partial charge on any atom is 0.257 e. The van der Waals surface area contributed by atoms with Crippen LogP contribution in [0.25, 0.3) is 0 Å². The zero-order valence-corrected chi connectivity index (χ0v) is 22.5. The lowest BCUT2D eigenvalue weighted by Gasteiger charge is -2.14. The number of nitrogens with zero attached hydrogens (tertiary/aromatic N) is 2. The molecule has 1 aliphatic heterocycles. The summed E-state index contributed by atoms with van der Waals surface area (Å²) in [6, 6.07) is 15.9. The topological polar surface area (TPSA) is 89.3 Å². The minimum absolute atomic E-state index is 0.0501. The number of nitriles is 1. The molecule has 0 spiro atoms. The molecule has 3 N–H and O–H groups in total. The molecule has 0 saturated heterocycles. The Kier molecular flexibility index (Phi) is 7.73. The summed E-state index contributed by atoms with van der Waals surface area (Å²) >= 11 is 6.89. The fourth-order valence-corrected chi connectivity index (χ4v) is 5.15. The van der Waals surface area contributed by atoms with Gasteiger partial charge in [-0.05, 0) is 62.6 Å². The van der Waals surface area contributed by atoms with E-state index in [2.05, 4.69) is 71.0 Å². The molecule has 0 bridgehead atoms. The zero-order chi connectivity index (χ0) is 27.4. The summed E-state index contributed by atoms with van der Waals surface area (Å²) in [5.74, 6) is 0.610. The van der Waals surface area contributed by atoms with Crippen LogP contribution in [0.4, 0.5) is 5.69 Å². The first-order valence-corrected chi connectivity index (χ1v) is 12.7. The lowest BCUT2D eigenvalue weighted by Crippen LogP contribution is -2.26. The Balaban J connectivity index is 1.49. The molecular weight excluding hydrogens is 494 g/mol. The monoisotopic (exact) mass is 523 g/mol. The molecule has 0 aromatic heterocycles. The van der Waals surface area contributed by atoms with Crippen molar-refractivity contribution in [2.45, 2.75) is 38.0 Å². The molecule has 1 saturated carbocycles. The van der Waals surface area contributed by atoms with Gasteiger partial charge in [-0.2, -0.15) is 5.26 Å². The van der Waals surface area contributed by atoms with Gasteiger partial charge >= 0.3 is 0 Å². The number of aliphatic imine (C=N–C) groups is 1. The molecule has 38 heavy (non-hydrogen) atoms. The number of rotatable bonds is 7. The largest absolute Gasteiger partial charge is 0.359 e. The highest BCUT2D eigenvalue weighted by atomic mass is 35.5. The molecule has 7 heteroatoms. The standard InChI is InChI=1S/C31H30ClN5O/c1-19-10-9-11-23(16-19)29-28(31(29,5)32)22(4)35-24-15-14-20(2)25(17-24)30(38)37-27-13-8-6-7-12-26(36-27)34-21(3)18-33/h6,9-17,28-29,35H,3-4,8H2,1-2,5H3,(H,34,36)(H,37,38)/b27-13-. The lowest BCUT2D eigenvalue weighted by molar-refractivity contribution is 0.0965.